The topological polar surface area (TPSA) is 106 Å². The van der Waals surface area contributed by atoms with Gasteiger partial charge in [-0.25, -0.2) is 4.79 Å². The zero-order valence-electron chi connectivity index (χ0n) is 19.1. The minimum absolute atomic E-state index is 0.180. The number of hydrogen-bond donors (Lipinski definition) is 3. The predicted molar refractivity (Wildman–Crippen MR) is 134 cm³/mol. The van der Waals surface area contributed by atoms with E-state index < -0.39 is 11.9 Å². The van der Waals surface area contributed by atoms with Crippen molar-refractivity contribution >= 4 is 29.0 Å². The van der Waals surface area contributed by atoms with E-state index in [4.69, 9.17) is 15.5 Å². The first-order valence-electron chi connectivity index (χ1n) is 11.3. The molecule has 0 radical (unpaired) electrons. The van der Waals surface area contributed by atoms with Crippen LogP contribution in [-0.4, -0.2) is 37.8 Å². The highest BCUT2D eigenvalue weighted by molar-refractivity contribution is 6.24. The van der Waals surface area contributed by atoms with Gasteiger partial charge in [-0.05, 0) is 60.5 Å². The van der Waals surface area contributed by atoms with Crippen LogP contribution in [-0.2, 0) is 16.1 Å². The molecular formula is C27H28N4O3. The summed E-state index contributed by atoms with van der Waals surface area (Å²) >= 11 is 0. The lowest BCUT2D eigenvalue weighted by atomic mass is 9.90. The molecule has 1 atom stereocenters. The van der Waals surface area contributed by atoms with Gasteiger partial charge in [0.1, 0.15) is 5.92 Å². The number of anilines is 1. The number of carbonyl (C=O) groups is 2. The van der Waals surface area contributed by atoms with Crippen molar-refractivity contribution in [1.82, 2.24) is 5.32 Å². The van der Waals surface area contributed by atoms with Gasteiger partial charge < -0.3 is 21.1 Å². The van der Waals surface area contributed by atoms with Crippen molar-refractivity contribution in [2.24, 2.45) is 10.7 Å². The fraction of sp³-hybridized carbons (Fsp3) is 0.222. The molecule has 1 amide bonds. The summed E-state index contributed by atoms with van der Waals surface area (Å²) in [5, 5.41) is 6.27. The maximum atomic E-state index is 13.1. The first-order chi connectivity index (χ1) is 16.6. The van der Waals surface area contributed by atoms with Crippen LogP contribution in [0, 0.1) is 0 Å². The maximum Gasteiger partial charge on any atom is 0.337 e. The Morgan fingerprint density at radius 3 is 2.53 bits per heavy atom. The fourth-order valence-corrected chi connectivity index (χ4v) is 3.97. The minimum Gasteiger partial charge on any atom is -0.465 e. The lowest BCUT2D eigenvalue weighted by Gasteiger charge is -2.14. The van der Waals surface area contributed by atoms with Gasteiger partial charge in [0.25, 0.3) is 0 Å². The molecule has 1 aliphatic heterocycles. The van der Waals surface area contributed by atoms with E-state index in [1.165, 1.54) is 7.11 Å². The largest absolute Gasteiger partial charge is 0.465 e. The SMILES string of the molecule is COC(=O)c1ccc2c(c1)NC(=O)C2C(=Nc1ccc(CNCCCN)cc1)c1ccccc1. The molecule has 0 aromatic heterocycles. The second-order valence-electron chi connectivity index (χ2n) is 8.06. The molecule has 174 valence electrons. The molecule has 34 heavy (non-hydrogen) atoms. The minimum atomic E-state index is -0.596. The van der Waals surface area contributed by atoms with E-state index in [-0.39, 0.29) is 5.91 Å². The van der Waals surface area contributed by atoms with E-state index >= 15 is 0 Å². The second kappa shape index (κ2) is 10.9. The number of nitrogens with one attached hydrogen (secondary N) is 2. The summed E-state index contributed by atoms with van der Waals surface area (Å²) in [7, 11) is 1.33. The number of amides is 1. The molecule has 0 saturated carbocycles. The normalized spacial score (nSPS) is 15.1. The summed E-state index contributed by atoms with van der Waals surface area (Å²) in [4.78, 5) is 29.9. The Bertz CT molecular complexity index is 1190. The molecule has 0 saturated heterocycles. The molecule has 4 N–H and O–H groups in total. The van der Waals surface area contributed by atoms with E-state index in [9.17, 15) is 9.59 Å². The molecule has 0 fully saturated rings. The number of hydrogen-bond acceptors (Lipinski definition) is 6. The smallest absolute Gasteiger partial charge is 0.337 e. The van der Waals surface area contributed by atoms with E-state index in [1.807, 2.05) is 54.6 Å². The molecular weight excluding hydrogens is 428 g/mol. The molecule has 0 spiro atoms. The Kier molecular flexibility index (Phi) is 7.47. The first kappa shape index (κ1) is 23.4. The van der Waals surface area contributed by atoms with Crippen molar-refractivity contribution in [3.8, 4) is 0 Å². The van der Waals surface area contributed by atoms with E-state index in [1.54, 1.807) is 18.2 Å². The molecule has 0 bridgehead atoms. The van der Waals surface area contributed by atoms with Crippen LogP contribution < -0.4 is 16.4 Å². The Balaban J connectivity index is 1.67. The summed E-state index contributed by atoms with van der Waals surface area (Å²) in [6, 6.07) is 22.8. The van der Waals surface area contributed by atoms with Gasteiger partial charge >= 0.3 is 5.97 Å². The molecule has 7 heteroatoms. The number of nitrogens with two attached hydrogens (primary N) is 1. The molecule has 3 aromatic rings. The molecule has 0 aliphatic carbocycles. The fourth-order valence-electron chi connectivity index (χ4n) is 3.97. The van der Waals surface area contributed by atoms with Crippen LogP contribution in [0.5, 0.6) is 0 Å². The second-order valence-corrected chi connectivity index (χ2v) is 8.06. The number of esters is 1. The zero-order valence-corrected chi connectivity index (χ0v) is 19.1. The zero-order chi connectivity index (χ0) is 23.9. The number of benzene rings is 3. The summed E-state index contributed by atoms with van der Waals surface area (Å²) in [5.74, 6) is -1.22. The summed E-state index contributed by atoms with van der Waals surface area (Å²) in [6.07, 6.45) is 0.939. The van der Waals surface area contributed by atoms with Crippen LogP contribution in [0.1, 0.15) is 39.4 Å². The summed E-state index contributed by atoms with van der Waals surface area (Å²) < 4.78 is 4.81. The number of methoxy groups -OCH3 is 1. The number of aliphatic imine (C=N–C) groups is 1. The van der Waals surface area contributed by atoms with Crippen molar-refractivity contribution < 1.29 is 14.3 Å². The standard InChI is InChI=1S/C27H28N4O3/c1-34-27(33)20-10-13-22-23(16-20)31-26(32)24(22)25(19-6-3-2-4-7-19)30-21-11-8-18(9-12-21)17-29-15-5-14-28/h2-4,6-13,16,24,29H,5,14-15,17,28H2,1H3,(H,31,32). The van der Waals surface area contributed by atoms with Crippen LogP contribution >= 0.6 is 0 Å². The number of nitrogens with zero attached hydrogens (tertiary/aromatic N) is 1. The van der Waals surface area contributed by atoms with Crippen LogP contribution in [0.2, 0.25) is 0 Å². The number of ether oxygens (including phenoxy) is 1. The van der Waals surface area contributed by atoms with Gasteiger partial charge in [0.2, 0.25) is 5.91 Å². The highest BCUT2D eigenvalue weighted by Crippen LogP contribution is 2.37. The van der Waals surface area contributed by atoms with E-state index in [2.05, 4.69) is 10.6 Å². The summed E-state index contributed by atoms with van der Waals surface area (Å²) in [6.45, 7) is 2.31. The third-order valence-corrected chi connectivity index (χ3v) is 5.72. The molecule has 3 aromatic carbocycles. The van der Waals surface area contributed by atoms with Crippen LogP contribution in [0.3, 0.4) is 0 Å². The third kappa shape index (κ3) is 5.22. The highest BCUT2D eigenvalue weighted by Gasteiger charge is 2.35. The van der Waals surface area contributed by atoms with Gasteiger partial charge in [0.05, 0.1) is 24.1 Å². The van der Waals surface area contributed by atoms with Crippen molar-refractivity contribution in [3.05, 3.63) is 95.1 Å². The average molecular weight is 457 g/mol. The van der Waals surface area contributed by atoms with Crippen molar-refractivity contribution in [3.63, 3.8) is 0 Å². The number of rotatable bonds is 9. The van der Waals surface area contributed by atoms with Crippen LogP contribution in [0.15, 0.2) is 77.8 Å². The Labute approximate surface area is 199 Å². The lowest BCUT2D eigenvalue weighted by Crippen LogP contribution is -2.22. The van der Waals surface area contributed by atoms with Crippen LogP contribution in [0.25, 0.3) is 0 Å². The van der Waals surface area contributed by atoms with E-state index in [0.717, 1.165) is 41.9 Å². The van der Waals surface area contributed by atoms with Gasteiger partial charge in [0.15, 0.2) is 0 Å². The first-order valence-corrected chi connectivity index (χ1v) is 11.3. The van der Waals surface area contributed by atoms with Gasteiger partial charge in [-0.3, -0.25) is 9.79 Å². The molecule has 1 heterocycles. The average Bonchev–Trinajstić information content (AvgIpc) is 3.20. The molecule has 1 aliphatic rings. The molecule has 4 rings (SSSR count). The van der Waals surface area contributed by atoms with E-state index in [0.29, 0.717) is 23.5 Å². The van der Waals surface area contributed by atoms with Gasteiger partial charge in [-0.15, -0.1) is 0 Å². The van der Waals surface area contributed by atoms with Crippen LogP contribution in [0.4, 0.5) is 11.4 Å². The van der Waals surface area contributed by atoms with Gasteiger partial charge in [-0.2, -0.15) is 0 Å². The van der Waals surface area contributed by atoms with Crippen molar-refractivity contribution in [1.29, 1.82) is 0 Å². The predicted octanol–water partition coefficient (Wildman–Crippen LogP) is 3.77. The van der Waals surface area contributed by atoms with Gasteiger partial charge in [0, 0.05) is 12.2 Å². The third-order valence-electron chi connectivity index (χ3n) is 5.72. The Morgan fingerprint density at radius 1 is 1.06 bits per heavy atom. The quantitative estimate of drug-likeness (QED) is 0.258. The summed E-state index contributed by atoms with van der Waals surface area (Å²) in [5.41, 5.74) is 10.7. The molecule has 7 nitrogen and oxygen atoms in total. The maximum absolute atomic E-state index is 13.1. The van der Waals surface area contributed by atoms with Crippen molar-refractivity contribution in [2.45, 2.75) is 18.9 Å². The Hall–Kier alpha value is -3.81. The lowest BCUT2D eigenvalue weighted by molar-refractivity contribution is -0.115. The number of fused-ring (bicyclic) bond motifs is 1. The molecule has 1 unspecified atom stereocenters. The monoisotopic (exact) mass is 456 g/mol. The van der Waals surface area contributed by atoms with Gasteiger partial charge in [-0.1, -0.05) is 48.5 Å². The Morgan fingerprint density at radius 2 is 1.82 bits per heavy atom. The number of carbonyl (C=O) groups excluding carboxylic acids is 2. The van der Waals surface area contributed by atoms with Crippen molar-refractivity contribution in [2.75, 3.05) is 25.5 Å². The highest BCUT2D eigenvalue weighted by atomic mass is 16.5.